The first kappa shape index (κ1) is 22.0. The number of fused-ring (bicyclic) bond motifs is 1. The summed E-state index contributed by atoms with van der Waals surface area (Å²) in [5, 5.41) is 1.83. The molecule has 1 aliphatic heterocycles. The summed E-state index contributed by atoms with van der Waals surface area (Å²) in [5.41, 5.74) is 0.474. The van der Waals surface area contributed by atoms with Crippen LogP contribution in [0.25, 0.3) is 10.2 Å². The number of nitrogens with zero attached hydrogens (tertiary/aromatic N) is 3. The van der Waals surface area contributed by atoms with Gasteiger partial charge in [0.05, 0.1) is 25.1 Å². The van der Waals surface area contributed by atoms with E-state index < -0.39 is 0 Å². The second kappa shape index (κ2) is 9.95. The molecule has 0 radical (unpaired) electrons. The van der Waals surface area contributed by atoms with Gasteiger partial charge in [-0.05, 0) is 36.4 Å². The number of nitrogens with one attached hydrogen (secondary N) is 1. The van der Waals surface area contributed by atoms with E-state index in [-0.39, 0.29) is 29.8 Å². The zero-order valence-corrected chi connectivity index (χ0v) is 18.8. The van der Waals surface area contributed by atoms with Crippen molar-refractivity contribution >= 4 is 33.4 Å². The van der Waals surface area contributed by atoms with Gasteiger partial charge in [0.2, 0.25) is 11.8 Å². The number of piperidine rings is 1. The average Bonchev–Trinajstić information content (AvgIpc) is 3.28. The third-order valence-corrected chi connectivity index (χ3v) is 6.55. The molecule has 4 rings (SSSR count). The Bertz CT molecular complexity index is 1140. The summed E-state index contributed by atoms with van der Waals surface area (Å²) in [6, 6.07) is 11.2. The highest BCUT2D eigenvalue weighted by Crippen LogP contribution is 2.21. The first-order valence-electron chi connectivity index (χ1n) is 10.7. The molecule has 1 aromatic carbocycles. The molecule has 2 aromatic heterocycles. The Hall–Kier alpha value is -3.20. The molecule has 1 aliphatic rings. The smallest absolute Gasteiger partial charge is 0.268 e. The standard InChI is InChI=1S/C23H26N4O4S/c1-26(15-19-24-18-10-14-32-21(18)22(29)25-19)23(30)16-7-11-27(12-8-16)20(28)9-13-31-17-5-3-2-4-6-17/h2-6,10,14,16H,7-9,11-13,15H2,1H3,(H,24,25,29). The van der Waals surface area contributed by atoms with Gasteiger partial charge in [-0.1, -0.05) is 18.2 Å². The normalized spacial score (nSPS) is 14.5. The molecule has 168 valence electrons. The number of likely N-dealkylation sites (tertiary alicyclic amines) is 1. The van der Waals surface area contributed by atoms with Crippen molar-refractivity contribution in [2.24, 2.45) is 5.92 Å². The number of ether oxygens (including phenoxy) is 1. The second-order valence-electron chi connectivity index (χ2n) is 7.91. The highest BCUT2D eigenvalue weighted by atomic mass is 32.1. The molecular formula is C23H26N4O4S. The monoisotopic (exact) mass is 454 g/mol. The predicted molar refractivity (Wildman–Crippen MR) is 123 cm³/mol. The number of carbonyl (C=O) groups excluding carboxylic acids is 2. The van der Waals surface area contributed by atoms with Gasteiger partial charge in [0, 0.05) is 26.1 Å². The molecule has 0 spiro atoms. The molecule has 0 unspecified atom stereocenters. The summed E-state index contributed by atoms with van der Waals surface area (Å²) in [4.78, 5) is 48.1. The average molecular weight is 455 g/mol. The fraction of sp³-hybridized carbons (Fsp3) is 0.391. The maximum atomic E-state index is 12.9. The first-order valence-corrected chi connectivity index (χ1v) is 11.6. The van der Waals surface area contributed by atoms with Gasteiger partial charge in [0.15, 0.2) is 0 Å². The van der Waals surface area contributed by atoms with E-state index in [1.54, 1.807) is 18.0 Å². The van der Waals surface area contributed by atoms with E-state index in [2.05, 4.69) is 9.97 Å². The van der Waals surface area contributed by atoms with Crippen molar-refractivity contribution in [3.8, 4) is 5.75 Å². The van der Waals surface area contributed by atoms with Crippen LogP contribution >= 0.6 is 11.3 Å². The quantitative estimate of drug-likeness (QED) is 0.592. The lowest BCUT2D eigenvalue weighted by Gasteiger charge is -2.33. The molecule has 0 saturated carbocycles. The van der Waals surface area contributed by atoms with Crippen LogP contribution in [-0.4, -0.2) is 58.3 Å². The predicted octanol–water partition coefficient (Wildman–Crippen LogP) is 2.65. The highest BCUT2D eigenvalue weighted by molar-refractivity contribution is 7.17. The number of carbonyl (C=O) groups is 2. The lowest BCUT2D eigenvalue weighted by molar-refractivity contribution is -0.140. The largest absolute Gasteiger partial charge is 0.493 e. The summed E-state index contributed by atoms with van der Waals surface area (Å²) in [5.74, 6) is 1.15. The highest BCUT2D eigenvalue weighted by Gasteiger charge is 2.29. The molecule has 9 heteroatoms. The van der Waals surface area contributed by atoms with Crippen LogP contribution in [0, 0.1) is 5.92 Å². The van der Waals surface area contributed by atoms with Gasteiger partial charge in [-0.2, -0.15) is 0 Å². The minimum absolute atomic E-state index is 0.0116. The SMILES string of the molecule is CN(Cc1nc2ccsc2c(=O)[nH]1)C(=O)C1CCN(C(=O)CCOc2ccccc2)CC1. The van der Waals surface area contributed by atoms with Crippen LogP contribution in [0.1, 0.15) is 25.1 Å². The molecule has 3 heterocycles. The molecule has 1 fully saturated rings. The van der Waals surface area contributed by atoms with E-state index in [0.717, 1.165) is 5.75 Å². The molecule has 8 nitrogen and oxygen atoms in total. The Morgan fingerprint density at radius 3 is 2.72 bits per heavy atom. The molecule has 0 aliphatic carbocycles. The Labute approximate surface area is 189 Å². The van der Waals surface area contributed by atoms with Crippen molar-refractivity contribution in [3.05, 3.63) is 58.0 Å². The van der Waals surface area contributed by atoms with E-state index >= 15 is 0 Å². The van der Waals surface area contributed by atoms with Gasteiger partial charge in [-0.25, -0.2) is 4.98 Å². The number of aromatic nitrogens is 2. The van der Waals surface area contributed by atoms with Crippen LogP contribution in [0.2, 0.25) is 0 Å². The number of hydrogen-bond donors (Lipinski definition) is 1. The van der Waals surface area contributed by atoms with Gasteiger partial charge in [0.25, 0.3) is 5.56 Å². The fourth-order valence-electron chi connectivity index (χ4n) is 3.92. The van der Waals surface area contributed by atoms with E-state index in [4.69, 9.17) is 4.74 Å². The van der Waals surface area contributed by atoms with Gasteiger partial charge < -0.3 is 19.5 Å². The number of aromatic amines is 1. The summed E-state index contributed by atoms with van der Waals surface area (Å²) in [7, 11) is 1.72. The molecular weight excluding hydrogens is 428 g/mol. The summed E-state index contributed by atoms with van der Waals surface area (Å²) in [6.07, 6.45) is 1.57. The molecule has 2 amide bonds. The van der Waals surface area contributed by atoms with E-state index in [0.29, 0.717) is 55.0 Å². The van der Waals surface area contributed by atoms with Crippen molar-refractivity contribution in [2.45, 2.75) is 25.8 Å². The number of amides is 2. The maximum Gasteiger partial charge on any atom is 0.268 e. The third kappa shape index (κ3) is 5.16. The zero-order chi connectivity index (χ0) is 22.5. The number of hydrogen-bond acceptors (Lipinski definition) is 6. The van der Waals surface area contributed by atoms with Crippen LogP contribution in [0.15, 0.2) is 46.6 Å². The number of benzene rings is 1. The van der Waals surface area contributed by atoms with Crippen LogP contribution in [0.3, 0.4) is 0 Å². The maximum absolute atomic E-state index is 12.9. The minimum Gasteiger partial charge on any atom is -0.493 e. The Morgan fingerprint density at radius 1 is 1.22 bits per heavy atom. The number of rotatable bonds is 7. The van der Waals surface area contributed by atoms with Gasteiger partial charge >= 0.3 is 0 Å². The lowest BCUT2D eigenvalue weighted by Crippen LogP contribution is -2.43. The second-order valence-corrected chi connectivity index (χ2v) is 8.82. The molecule has 32 heavy (non-hydrogen) atoms. The topological polar surface area (TPSA) is 95.6 Å². The molecule has 3 aromatic rings. The van der Waals surface area contributed by atoms with E-state index in [1.165, 1.54) is 11.3 Å². The number of H-pyrrole nitrogens is 1. The van der Waals surface area contributed by atoms with Crippen molar-refractivity contribution < 1.29 is 14.3 Å². The minimum atomic E-state index is -0.177. The molecule has 1 N–H and O–H groups in total. The third-order valence-electron chi connectivity index (χ3n) is 5.65. The van der Waals surface area contributed by atoms with Crippen molar-refractivity contribution in [1.29, 1.82) is 0 Å². The molecule has 1 saturated heterocycles. The first-order chi connectivity index (χ1) is 15.5. The number of para-hydroxylation sites is 1. The summed E-state index contributed by atoms with van der Waals surface area (Å²) in [6.45, 7) is 1.70. The zero-order valence-electron chi connectivity index (χ0n) is 18.0. The summed E-state index contributed by atoms with van der Waals surface area (Å²) < 4.78 is 6.20. The van der Waals surface area contributed by atoms with Crippen LogP contribution < -0.4 is 10.3 Å². The summed E-state index contributed by atoms with van der Waals surface area (Å²) >= 11 is 1.35. The Kier molecular flexibility index (Phi) is 6.84. The van der Waals surface area contributed by atoms with E-state index in [9.17, 15) is 14.4 Å². The van der Waals surface area contributed by atoms with Crippen molar-refractivity contribution in [3.63, 3.8) is 0 Å². The fourth-order valence-corrected chi connectivity index (χ4v) is 4.64. The van der Waals surface area contributed by atoms with Crippen LogP contribution in [-0.2, 0) is 16.1 Å². The lowest BCUT2D eigenvalue weighted by atomic mass is 9.95. The number of thiophene rings is 1. The Morgan fingerprint density at radius 2 is 1.97 bits per heavy atom. The Balaban J connectivity index is 1.24. The van der Waals surface area contributed by atoms with E-state index in [1.807, 2.05) is 40.6 Å². The van der Waals surface area contributed by atoms with Gasteiger partial charge in [0.1, 0.15) is 16.3 Å². The van der Waals surface area contributed by atoms with Crippen molar-refractivity contribution in [1.82, 2.24) is 19.8 Å². The molecule has 0 atom stereocenters. The van der Waals surface area contributed by atoms with Gasteiger partial charge in [-0.3, -0.25) is 14.4 Å². The molecule has 0 bridgehead atoms. The van der Waals surface area contributed by atoms with Gasteiger partial charge in [-0.15, -0.1) is 11.3 Å². The van der Waals surface area contributed by atoms with Crippen molar-refractivity contribution in [2.75, 3.05) is 26.7 Å². The van der Waals surface area contributed by atoms with Crippen LogP contribution in [0.4, 0.5) is 0 Å². The van der Waals surface area contributed by atoms with Crippen LogP contribution in [0.5, 0.6) is 5.75 Å².